The molecule has 20 heavy (non-hydrogen) atoms. The highest BCUT2D eigenvalue weighted by molar-refractivity contribution is 5.90. The van der Waals surface area contributed by atoms with Crippen LogP contribution in [0.1, 0.15) is 5.56 Å². The first-order chi connectivity index (χ1) is 9.65. The van der Waals surface area contributed by atoms with E-state index in [1.54, 1.807) is 0 Å². The van der Waals surface area contributed by atoms with E-state index in [1.807, 2.05) is 13.2 Å². The number of nitrogens with two attached hydrogens (primary N) is 1. The van der Waals surface area contributed by atoms with Gasteiger partial charge in [0.25, 0.3) is 0 Å². The number of carbonyl (C=O) groups excluding carboxylic acids is 1. The van der Waals surface area contributed by atoms with Crippen LogP contribution in [-0.4, -0.2) is 36.8 Å². The van der Waals surface area contributed by atoms with Crippen molar-refractivity contribution in [2.45, 2.75) is 6.42 Å². The quantitative estimate of drug-likeness (QED) is 0.909. The molecule has 1 aromatic carbocycles. The highest BCUT2D eigenvalue weighted by Crippen LogP contribution is 2.26. The van der Waals surface area contributed by atoms with Crippen molar-refractivity contribution in [1.82, 2.24) is 4.57 Å². The maximum absolute atomic E-state index is 11.1. The van der Waals surface area contributed by atoms with Gasteiger partial charge < -0.3 is 19.9 Å². The number of carbonyl (C=O) groups is 1. The minimum atomic E-state index is -0.297. The van der Waals surface area contributed by atoms with Gasteiger partial charge in [-0.25, -0.2) is 0 Å². The van der Waals surface area contributed by atoms with Crippen LogP contribution >= 0.6 is 0 Å². The molecule has 3 rings (SSSR count). The summed E-state index contributed by atoms with van der Waals surface area (Å²) in [6, 6.07) is 6.36. The molecule has 0 bridgehead atoms. The Bertz CT molecular complexity index is 642. The molecule has 5 nitrogen and oxygen atoms in total. The van der Waals surface area contributed by atoms with Crippen molar-refractivity contribution in [2.24, 2.45) is 12.8 Å². The topological polar surface area (TPSA) is 60.5 Å². The van der Waals surface area contributed by atoms with E-state index in [-0.39, 0.29) is 12.3 Å². The molecule has 1 aromatic heterocycles. The molecule has 5 heteroatoms. The van der Waals surface area contributed by atoms with E-state index in [9.17, 15) is 4.79 Å². The summed E-state index contributed by atoms with van der Waals surface area (Å²) in [6.07, 6.45) is 2.27. The average molecular weight is 273 g/mol. The molecule has 106 valence electrons. The van der Waals surface area contributed by atoms with Crippen molar-refractivity contribution in [3.8, 4) is 0 Å². The molecule has 0 radical (unpaired) electrons. The van der Waals surface area contributed by atoms with E-state index in [2.05, 4.69) is 27.7 Å². The molecule has 2 heterocycles. The number of primary amides is 1. The molecular weight excluding hydrogens is 254 g/mol. The maximum atomic E-state index is 11.1. The summed E-state index contributed by atoms with van der Waals surface area (Å²) >= 11 is 0. The van der Waals surface area contributed by atoms with Gasteiger partial charge in [0.05, 0.1) is 25.2 Å². The van der Waals surface area contributed by atoms with Gasteiger partial charge in [-0.3, -0.25) is 4.79 Å². The number of amides is 1. The van der Waals surface area contributed by atoms with Gasteiger partial charge in [-0.15, -0.1) is 0 Å². The van der Waals surface area contributed by atoms with Crippen LogP contribution in [0.25, 0.3) is 10.9 Å². The predicted octanol–water partition coefficient (Wildman–Crippen LogP) is 1.04. The number of anilines is 1. The monoisotopic (exact) mass is 273 g/mol. The lowest BCUT2D eigenvalue weighted by Crippen LogP contribution is -2.36. The molecule has 0 unspecified atom stereocenters. The number of hydrogen-bond donors (Lipinski definition) is 1. The third kappa shape index (κ3) is 2.36. The molecule has 1 fully saturated rings. The summed E-state index contributed by atoms with van der Waals surface area (Å²) in [7, 11) is 2.00. The lowest BCUT2D eigenvalue weighted by atomic mass is 10.1. The van der Waals surface area contributed by atoms with Gasteiger partial charge in [-0.1, -0.05) is 6.07 Å². The van der Waals surface area contributed by atoms with Crippen LogP contribution in [0.5, 0.6) is 0 Å². The van der Waals surface area contributed by atoms with E-state index < -0.39 is 0 Å². The van der Waals surface area contributed by atoms with Crippen molar-refractivity contribution < 1.29 is 9.53 Å². The van der Waals surface area contributed by atoms with Crippen molar-refractivity contribution in [3.63, 3.8) is 0 Å². The first-order valence-electron chi connectivity index (χ1n) is 6.84. The second kappa shape index (κ2) is 5.17. The SMILES string of the molecule is Cn1cc(CC(N)=O)c2ccc(N3CCOCC3)cc21. The van der Waals surface area contributed by atoms with Crippen molar-refractivity contribution in [2.75, 3.05) is 31.2 Å². The van der Waals surface area contributed by atoms with E-state index in [0.29, 0.717) is 0 Å². The summed E-state index contributed by atoms with van der Waals surface area (Å²) in [6.45, 7) is 3.39. The number of morpholine rings is 1. The highest BCUT2D eigenvalue weighted by Gasteiger charge is 2.14. The number of hydrogen-bond acceptors (Lipinski definition) is 3. The summed E-state index contributed by atoms with van der Waals surface area (Å²) in [4.78, 5) is 13.4. The van der Waals surface area contributed by atoms with Gasteiger partial charge in [0, 0.05) is 37.4 Å². The molecule has 0 saturated carbocycles. The zero-order valence-electron chi connectivity index (χ0n) is 11.6. The van der Waals surface area contributed by atoms with Crippen LogP contribution in [0.4, 0.5) is 5.69 Å². The smallest absolute Gasteiger partial charge is 0.221 e. The second-order valence-electron chi connectivity index (χ2n) is 5.21. The third-order valence-electron chi connectivity index (χ3n) is 3.80. The normalized spacial score (nSPS) is 15.8. The summed E-state index contributed by atoms with van der Waals surface area (Å²) in [5, 5.41) is 1.10. The first-order valence-corrected chi connectivity index (χ1v) is 6.84. The molecule has 1 amide bonds. The van der Waals surface area contributed by atoms with E-state index in [4.69, 9.17) is 10.5 Å². The predicted molar refractivity (Wildman–Crippen MR) is 78.8 cm³/mol. The van der Waals surface area contributed by atoms with Gasteiger partial charge in [0.2, 0.25) is 5.91 Å². The minimum absolute atomic E-state index is 0.286. The Hall–Kier alpha value is -2.01. The lowest BCUT2D eigenvalue weighted by molar-refractivity contribution is -0.117. The molecule has 1 saturated heterocycles. The van der Waals surface area contributed by atoms with Gasteiger partial charge in [-0.2, -0.15) is 0 Å². The van der Waals surface area contributed by atoms with Crippen LogP contribution in [0.2, 0.25) is 0 Å². The van der Waals surface area contributed by atoms with Gasteiger partial charge in [-0.05, 0) is 17.7 Å². The van der Waals surface area contributed by atoms with E-state index >= 15 is 0 Å². The minimum Gasteiger partial charge on any atom is -0.378 e. The van der Waals surface area contributed by atoms with Crippen molar-refractivity contribution >= 4 is 22.5 Å². The average Bonchev–Trinajstić information content (AvgIpc) is 2.75. The largest absolute Gasteiger partial charge is 0.378 e. The molecular formula is C15H19N3O2. The number of rotatable bonds is 3. The number of aromatic nitrogens is 1. The zero-order valence-corrected chi connectivity index (χ0v) is 11.6. The lowest BCUT2D eigenvalue weighted by Gasteiger charge is -2.29. The van der Waals surface area contributed by atoms with Crippen LogP contribution < -0.4 is 10.6 Å². The van der Waals surface area contributed by atoms with Crippen LogP contribution in [0.3, 0.4) is 0 Å². The fraction of sp³-hybridized carbons (Fsp3) is 0.400. The molecule has 2 aromatic rings. The Kier molecular flexibility index (Phi) is 3.36. The Morgan fingerprint density at radius 3 is 2.80 bits per heavy atom. The Morgan fingerprint density at radius 1 is 1.35 bits per heavy atom. The van der Waals surface area contributed by atoms with Crippen LogP contribution in [0.15, 0.2) is 24.4 Å². The van der Waals surface area contributed by atoms with Gasteiger partial charge in [0.1, 0.15) is 0 Å². The van der Waals surface area contributed by atoms with Gasteiger partial charge >= 0.3 is 0 Å². The van der Waals surface area contributed by atoms with Crippen molar-refractivity contribution in [3.05, 3.63) is 30.0 Å². The third-order valence-corrected chi connectivity index (χ3v) is 3.80. The van der Waals surface area contributed by atoms with Crippen molar-refractivity contribution in [1.29, 1.82) is 0 Å². The summed E-state index contributed by atoms with van der Waals surface area (Å²) in [5.41, 5.74) is 8.62. The molecule has 0 aliphatic carbocycles. The molecule has 2 N–H and O–H groups in total. The molecule has 0 spiro atoms. The van der Waals surface area contributed by atoms with E-state index in [1.165, 1.54) is 5.69 Å². The number of nitrogens with zero attached hydrogens (tertiary/aromatic N) is 2. The zero-order chi connectivity index (χ0) is 14.1. The fourth-order valence-corrected chi connectivity index (χ4v) is 2.80. The molecule has 1 aliphatic heterocycles. The number of fused-ring (bicyclic) bond motifs is 1. The Balaban J connectivity index is 1.98. The summed E-state index contributed by atoms with van der Waals surface area (Å²) in [5.74, 6) is -0.297. The first kappa shape index (κ1) is 13.0. The van der Waals surface area contributed by atoms with E-state index in [0.717, 1.165) is 42.8 Å². The number of benzene rings is 1. The highest BCUT2D eigenvalue weighted by atomic mass is 16.5. The Labute approximate surface area is 117 Å². The summed E-state index contributed by atoms with van der Waals surface area (Å²) < 4.78 is 7.44. The van der Waals surface area contributed by atoms with Crippen LogP contribution in [0, 0.1) is 0 Å². The Morgan fingerprint density at radius 2 is 2.10 bits per heavy atom. The molecule has 0 atom stereocenters. The maximum Gasteiger partial charge on any atom is 0.221 e. The fourth-order valence-electron chi connectivity index (χ4n) is 2.80. The number of ether oxygens (including phenoxy) is 1. The van der Waals surface area contributed by atoms with Crippen LogP contribution in [-0.2, 0) is 23.0 Å². The number of aryl methyl sites for hydroxylation is 1. The second-order valence-corrected chi connectivity index (χ2v) is 5.21. The molecule has 1 aliphatic rings. The standard InChI is InChI=1S/C15H19N3O2/c1-17-10-11(8-15(16)19)13-3-2-12(9-14(13)17)18-4-6-20-7-5-18/h2-3,9-10H,4-8H2,1H3,(H2,16,19). The van der Waals surface area contributed by atoms with Gasteiger partial charge in [0.15, 0.2) is 0 Å².